The Balaban J connectivity index is 1.44. The van der Waals surface area contributed by atoms with E-state index < -0.39 is 0 Å². The molecule has 6 nitrogen and oxygen atoms in total. The standard InChI is InChI=1S/C21H28N4O2/c1-12-7-13(2)23-21(22-12)25-15(4)19(14(3)24-25)10-20(26)27-11-18-9-16-5-6-17(18)8-16/h7,16-18H,5-6,8-11H2,1-4H3/t16-,17-,18+/m0/s1. The van der Waals surface area contributed by atoms with Crippen molar-refractivity contribution < 1.29 is 9.53 Å². The molecule has 2 saturated carbocycles. The van der Waals surface area contributed by atoms with E-state index in [0.717, 1.165) is 40.2 Å². The molecule has 2 aromatic heterocycles. The van der Waals surface area contributed by atoms with Crippen LogP contribution in [0.1, 0.15) is 54.0 Å². The van der Waals surface area contributed by atoms with Gasteiger partial charge < -0.3 is 4.74 Å². The van der Waals surface area contributed by atoms with Crippen LogP contribution < -0.4 is 0 Å². The zero-order valence-electron chi connectivity index (χ0n) is 16.7. The van der Waals surface area contributed by atoms with E-state index in [9.17, 15) is 4.79 Å². The summed E-state index contributed by atoms with van der Waals surface area (Å²) in [6.45, 7) is 8.34. The minimum Gasteiger partial charge on any atom is -0.465 e. The van der Waals surface area contributed by atoms with Crippen LogP contribution in [-0.4, -0.2) is 32.3 Å². The van der Waals surface area contributed by atoms with Crippen LogP contribution >= 0.6 is 0 Å². The first-order valence-corrected chi connectivity index (χ1v) is 9.94. The zero-order valence-corrected chi connectivity index (χ0v) is 16.7. The normalized spacial score (nSPS) is 23.8. The van der Waals surface area contributed by atoms with Crippen LogP contribution in [-0.2, 0) is 16.0 Å². The molecule has 3 atom stereocenters. The highest BCUT2D eigenvalue weighted by atomic mass is 16.5. The number of fused-ring (bicyclic) bond motifs is 2. The number of aryl methyl sites for hydroxylation is 3. The highest BCUT2D eigenvalue weighted by Crippen LogP contribution is 2.48. The van der Waals surface area contributed by atoms with Gasteiger partial charge in [0.05, 0.1) is 18.7 Å². The summed E-state index contributed by atoms with van der Waals surface area (Å²) in [7, 11) is 0. The lowest BCUT2D eigenvalue weighted by Crippen LogP contribution is -2.20. The van der Waals surface area contributed by atoms with E-state index in [4.69, 9.17) is 4.74 Å². The van der Waals surface area contributed by atoms with E-state index in [2.05, 4.69) is 15.1 Å². The maximum absolute atomic E-state index is 12.4. The van der Waals surface area contributed by atoms with Gasteiger partial charge in [0, 0.05) is 22.6 Å². The number of rotatable bonds is 5. The van der Waals surface area contributed by atoms with Gasteiger partial charge in [0.25, 0.3) is 5.95 Å². The van der Waals surface area contributed by atoms with Crippen molar-refractivity contribution in [1.29, 1.82) is 0 Å². The summed E-state index contributed by atoms with van der Waals surface area (Å²) < 4.78 is 7.37. The van der Waals surface area contributed by atoms with Gasteiger partial charge in [0.1, 0.15) is 0 Å². The monoisotopic (exact) mass is 368 g/mol. The lowest BCUT2D eigenvalue weighted by molar-refractivity contribution is -0.144. The largest absolute Gasteiger partial charge is 0.465 e. The minimum absolute atomic E-state index is 0.162. The van der Waals surface area contributed by atoms with Gasteiger partial charge in [-0.1, -0.05) is 6.42 Å². The molecule has 2 aliphatic rings. The molecule has 0 spiro atoms. The van der Waals surface area contributed by atoms with E-state index in [1.54, 1.807) is 4.68 Å². The number of aromatic nitrogens is 4. The number of hydrogen-bond donors (Lipinski definition) is 0. The quantitative estimate of drug-likeness (QED) is 0.756. The van der Waals surface area contributed by atoms with Crippen LogP contribution in [0.3, 0.4) is 0 Å². The van der Waals surface area contributed by atoms with Crippen LogP contribution in [0.4, 0.5) is 0 Å². The van der Waals surface area contributed by atoms with Gasteiger partial charge >= 0.3 is 5.97 Å². The molecule has 0 radical (unpaired) electrons. The second-order valence-corrected chi connectivity index (χ2v) is 8.31. The Morgan fingerprint density at radius 2 is 1.89 bits per heavy atom. The molecule has 0 amide bonds. The van der Waals surface area contributed by atoms with E-state index in [1.807, 2.05) is 33.8 Å². The van der Waals surface area contributed by atoms with E-state index >= 15 is 0 Å². The molecule has 0 saturated heterocycles. The van der Waals surface area contributed by atoms with Crippen molar-refractivity contribution in [3.63, 3.8) is 0 Å². The van der Waals surface area contributed by atoms with Crippen molar-refractivity contribution in [2.75, 3.05) is 6.61 Å². The Morgan fingerprint density at radius 3 is 2.52 bits per heavy atom. The van der Waals surface area contributed by atoms with Gasteiger partial charge in [-0.2, -0.15) is 5.10 Å². The number of esters is 1. The van der Waals surface area contributed by atoms with Crippen molar-refractivity contribution in [1.82, 2.24) is 19.7 Å². The molecule has 2 aliphatic carbocycles. The third-order valence-electron chi connectivity index (χ3n) is 6.27. The van der Waals surface area contributed by atoms with Crippen molar-refractivity contribution >= 4 is 5.97 Å². The first kappa shape index (κ1) is 18.1. The molecule has 6 heteroatoms. The SMILES string of the molecule is Cc1cc(C)nc(-n2nc(C)c(CC(=O)OC[C@H]3C[C@H]4CC[C@H]3C4)c2C)n1. The average Bonchev–Trinajstić information content (AvgIpc) is 3.30. The number of hydrogen-bond acceptors (Lipinski definition) is 5. The fourth-order valence-corrected chi connectivity index (χ4v) is 4.90. The van der Waals surface area contributed by atoms with Crippen molar-refractivity contribution in [2.45, 2.75) is 59.8 Å². The number of carbonyl (C=O) groups is 1. The third kappa shape index (κ3) is 3.62. The van der Waals surface area contributed by atoms with Crippen LogP contribution in [0.15, 0.2) is 6.07 Å². The first-order valence-electron chi connectivity index (χ1n) is 9.94. The molecule has 4 rings (SSSR count). The van der Waals surface area contributed by atoms with Gasteiger partial charge in [0.2, 0.25) is 0 Å². The van der Waals surface area contributed by atoms with Crippen molar-refractivity contribution in [2.24, 2.45) is 17.8 Å². The number of ether oxygens (including phenoxy) is 1. The van der Waals surface area contributed by atoms with E-state index in [0.29, 0.717) is 18.5 Å². The van der Waals surface area contributed by atoms with Crippen LogP contribution in [0.2, 0.25) is 0 Å². The Morgan fingerprint density at radius 1 is 1.15 bits per heavy atom. The molecule has 144 valence electrons. The van der Waals surface area contributed by atoms with Crippen LogP contribution in [0, 0.1) is 45.4 Å². The molecule has 0 aromatic carbocycles. The highest BCUT2D eigenvalue weighted by molar-refractivity contribution is 5.73. The van der Waals surface area contributed by atoms with Gasteiger partial charge in [-0.15, -0.1) is 0 Å². The molecule has 0 aliphatic heterocycles. The lowest BCUT2D eigenvalue weighted by atomic mass is 9.89. The average molecular weight is 368 g/mol. The van der Waals surface area contributed by atoms with Crippen LogP contribution in [0.5, 0.6) is 0 Å². The van der Waals surface area contributed by atoms with E-state index in [-0.39, 0.29) is 12.4 Å². The molecular weight excluding hydrogens is 340 g/mol. The molecule has 27 heavy (non-hydrogen) atoms. The summed E-state index contributed by atoms with van der Waals surface area (Å²) in [5.74, 6) is 2.61. The Hall–Kier alpha value is -2.24. The minimum atomic E-state index is -0.162. The Labute approximate surface area is 160 Å². The van der Waals surface area contributed by atoms with Gasteiger partial charge in [-0.3, -0.25) is 4.79 Å². The summed E-state index contributed by atoms with van der Waals surface area (Å²) in [6.07, 6.45) is 5.51. The smallest absolute Gasteiger partial charge is 0.310 e. The van der Waals surface area contributed by atoms with Crippen LogP contribution in [0.25, 0.3) is 5.95 Å². The zero-order chi connectivity index (χ0) is 19.1. The Kier molecular flexibility index (Phi) is 4.74. The molecule has 2 bridgehead atoms. The summed E-state index contributed by atoms with van der Waals surface area (Å²) in [6, 6.07) is 1.93. The highest BCUT2D eigenvalue weighted by Gasteiger charge is 2.39. The van der Waals surface area contributed by atoms with Gasteiger partial charge in [-0.05, 0) is 70.8 Å². The fraction of sp³-hybridized carbons (Fsp3) is 0.619. The van der Waals surface area contributed by atoms with Gasteiger partial charge in [-0.25, -0.2) is 14.6 Å². The summed E-state index contributed by atoms with van der Waals surface area (Å²) in [4.78, 5) is 21.4. The summed E-state index contributed by atoms with van der Waals surface area (Å²) >= 11 is 0. The molecule has 2 aromatic rings. The van der Waals surface area contributed by atoms with Crippen molar-refractivity contribution in [3.8, 4) is 5.95 Å². The van der Waals surface area contributed by atoms with Crippen molar-refractivity contribution in [3.05, 3.63) is 34.4 Å². The van der Waals surface area contributed by atoms with E-state index in [1.165, 1.54) is 25.7 Å². The fourth-order valence-electron chi connectivity index (χ4n) is 4.90. The second kappa shape index (κ2) is 7.06. The predicted molar refractivity (Wildman–Crippen MR) is 102 cm³/mol. The molecule has 2 fully saturated rings. The first-order chi connectivity index (χ1) is 12.9. The predicted octanol–water partition coefficient (Wildman–Crippen LogP) is 3.42. The number of carbonyl (C=O) groups excluding carboxylic acids is 1. The second-order valence-electron chi connectivity index (χ2n) is 8.31. The third-order valence-corrected chi connectivity index (χ3v) is 6.27. The lowest BCUT2D eigenvalue weighted by Gasteiger charge is -2.21. The topological polar surface area (TPSA) is 69.9 Å². The molecular formula is C21H28N4O2. The molecule has 0 N–H and O–H groups in total. The molecule has 0 unspecified atom stereocenters. The van der Waals surface area contributed by atoms with Gasteiger partial charge in [0.15, 0.2) is 0 Å². The molecule has 2 heterocycles. The Bertz CT molecular complexity index is 853. The summed E-state index contributed by atoms with van der Waals surface area (Å²) in [5, 5.41) is 4.57. The maximum atomic E-state index is 12.4. The summed E-state index contributed by atoms with van der Waals surface area (Å²) in [5.41, 5.74) is 4.44. The maximum Gasteiger partial charge on any atom is 0.310 e. The number of nitrogens with zero attached hydrogens (tertiary/aromatic N) is 4.